The molecular weight excluding hydrogens is 294 g/mol. The number of amides is 1. The lowest BCUT2D eigenvalue weighted by Crippen LogP contribution is -2.41. The number of carbonyl (C=O) groups excluding carboxylic acids is 1. The Labute approximate surface area is 134 Å². The fraction of sp³-hybridized carbons (Fsp3) is 0.500. The largest absolute Gasteiger partial charge is 0.393 e. The maximum absolute atomic E-state index is 12.6. The second-order valence-electron chi connectivity index (χ2n) is 6.23. The fourth-order valence-electron chi connectivity index (χ4n) is 3.02. The van der Waals surface area contributed by atoms with E-state index >= 15 is 0 Å². The van der Waals surface area contributed by atoms with Crippen molar-refractivity contribution in [3.05, 3.63) is 41.2 Å². The van der Waals surface area contributed by atoms with Gasteiger partial charge in [-0.2, -0.15) is 5.10 Å². The molecule has 1 atom stereocenters. The van der Waals surface area contributed by atoms with E-state index in [1.807, 2.05) is 20.2 Å². The molecule has 1 aliphatic rings. The Balaban J connectivity index is 1.81. The molecule has 7 heteroatoms. The average molecular weight is 315 g/mol. The predicted molar refractivity (Wildman–Crippen MR) is 83.7 cm³/mol. The monoisotopic (exact) mass is 315 g/mol. The molecule has 7 nitrogen and oxygen atoms in total. The van der Waals surface area contributed by atoms with Crippen molar-refractivity contribution in [1.29, 1.82) is 0 Å². The van der Waals surface area contributed by atoms with Gasteiger partial charge in [0.1, 0.15) is 11.5 Å². The first-order valence-corrected chi connectivity index (χ1v) is 7.72. The van der Waals surface area contributed by atoms with E-state index in [4.69, 9.17) is 0 Å². The first kappa shape index (κ1) is 15.6. The van der Waals surface area contributed by atoms with E-state index in [1.165, 1.54) is 0 Å². The topological polar surface area (TPSA) is 92.9 Å². The highest BCUT2D eigenvalue weighted by Gasteiger charge is 2.36. The third-order valence-corrected chi connectivity index (χ3v) is 4.19. The zero-order valence-corrected chi connectivity index (χ0v) is 13.5. The maximum Gasteiger partial charge on any atom is 0.270 e. The molecular formula is C16H21N5O2. The van der Waals surface area contributed by atoms with Crippen LogP contribution in [-0.2, 0) is 7.05 Å². The number of nitrogens with zero attached hydrogens (tertiary/aromatic N) is 4. The van der Waals surface area contributed by atoms with Gasteiger partial charge >= 0.3 is 0 Å². The van der Waals surface area contributed by atoms with Crippen molar-refractivity contribution in [1.82, 2.24) is 25.1 Å². The summed E-state index contributed by atoms with van der Waals surface area (Å²) in [6.45, 7) is 3.61. The molecule has 2 aromatic rings. The van der Waals surface area contributed by atoms with Crippen molar-refractivity contribution < 1.29 is 9.90 Å². The minimum Gasteiger partial charge on any atom is -0.393 e. The number of nitrogens with one attached hydrogen (secondary N) is 1. The summed E-state index contributed by atoms with van der Waals surface area (Å²) in [5.41, 5.74) is 2.07. The van der Waals surface area contributed by atoms with Gasteiger partial charge in [0, 0.05) is 24.5 Å². The molecule has 0 saturated heterocycles. The van der Waals surface area contributed by atoms with Crippen molar-refractivity contribution in [3.63, 3.8) is 0 Å². The number of rotatable bonds is 4. The van der Waals surface area contributed by atoms with Crippen molar-refractivity contribution in [2.24, 2.45) is 13.0 Å². The average Bonchev–Trinajstić information content (AvgIpc) is 2.87. The summed E-state index contributed by atoms with van der Waals surface area (Å²) in [5, 5.41) is 16.8. The Morgan fingerprint density at radius 3 is 2.70 bits per heavy atom. The molecule has 0 spiro atoms. The predicted octanol–water partition coefficient (Wildman–Crippen LogP) is 1.07. The zero-order valence-electron chi connectivity index (χ0n) is 13.5. The van der Waals surface area contributed by atoms with E-state index in [0.29, 0.717) is 24.4 Å². The molecule has 23 heavy (non-hydrogen) atoms. The summed E-state index contributed by atoms with van der Waals surface area (Å²) in [5.74, 6) is 0.558. The van der Waals surface area contributed by atoms with Crippen LogP contribution in [0.5, 0.6) is 0 Å². The number of aliphatic hydroxyl groups is 1. The molecule has 1 fully saturated rings. The van der Waals surface area contributed by atoms with Gasteiger partial charge in [0.15, 0.2) is 0 Å². The molecule has 1 amide bonds. The van der Waals surface area contributed by atoms with Gasteiger partial charge in [0.2, 0.25) is 0 Å². The minimum absolute atomic E-state index is 0.171. The van der Waals surface area contributed by atoms with Gasteiger partial charge in [-0.3, -0.25) is 9.48 Å². The Morgan fingerprint density at radius 2 is 2.13 bits per heavy atom. The van der Waals surface area contributed by atoms with E-state index in [2.05, 4.69) is 20.4 Å². The Bertz CT molecular complexity index is 701. The summed E-state index contributed by atoms with van der Waals surface area (Å²) >= 11 is 0. The highest BCUT2D eigenvalue weighted by molar-refractivity contribution is 5.92. The van der Waals surface area contributed by atoms with Gasteiger partial charge in [-0.25, -0.2) is 9.97 Å². The van der Waals surface area contributed by atoms with Crippen LogP contribution in [0, 0.1) is 19.8 Å². The number of carbonyl (C=O) groups is 1. The van der Waals surface area contributed by atoms with E-state index in [0.717, 1.165) is 11.3 Å². The third-order valence-electron chi connectivity index (χ3n) is 4.19. The molecule has 122 valence electrons. The van der Waals surface area contributed by atoms with Gasteiger partial charge in [0.25, 0.3) is 5.91 Å². The van der Waals surface area contributed by atoms with Crippen LogP contribution in [0.15, 0.2) is 18.5 Å². The molecule has 1 aliphatic carbocycles. The molecule has 1 saturated carbocycles. The number of hydrogen-bond donors (Lipinski definition) is 2. The standard InChI is InChI=1S/C16H21N5O2/c1-9-4-14(19-10(2)18-9)16(23)20-15(11-5-13(22)6-11)12-7-17-21(3)8-12/h4,7-8,11,13,15,22H,5-6H2,1-3H3,(H,20,23)/t11?,13?,15-/m0/s1. The van der Waals surface area contributed by atoms with Gasteiger partial charge in [-0.15, -0.1) is 0 Å². The van der Waals surface area contributed by atoms with E-state index in [1.54, 1.807) is 23.9 Å². The van der Waals surface area contributed by atoms with E-state index in [9.17, 15) is 9.90 Å². The third kappa shape index (κ3) is 3.39. The van der Waals surface area contributed by atoms with Crippen molar-refractivity contribution in [2.75, 3.05) is 0 Å². The van der Waals surface area contributed by atoms with Crippen LogP contribution in [0.4, 0.5) is 0 Å². The normalized spacial score (nSPS) is 21.6. The lowest BCUT2D eigenvalue weighted by Gasteiger charge is -2.37. The fourth-order valence-corrected chi connectivity index (χ4v) is 3.02. The molecule has 3 rings (SSSR count). The number of aliphatic hydroxyl groups excluding tert-OH is 1. The smallest absolute Gasteiger partial charge is 0.270 e. The van der Waals surface area contributed by atoms with Crippen LogP contribution < -0.4 is 5.32 Å². The molecule has 0 bridgehead atoms. The summed E-state index contributed by atoms with van der Waals surface area (Å²) in [6, 6.07) is 1.51. The highest BCUT2D eigenvalue weighted by Crippen LogP contribution is 2.38. The Hall–Kier alpha value is -2.28. The summed E-state index contributed by atoms with van der Waals surface area (Å²) in [4.78, 5) is 21.0. The summed E-state index contributed by atoms with van der Waals surface area (Å²) in [7, 11) is 1.84. The molecule has 0 radical (unpaired) electrons. The van der Waals surface area contributed by atoms with Gasteiger partial charge in [-0.1, -0.05) is 0 Å². The van der Waals surface area contributed by atoms with Crippen LogP contribution in [0.3, 0.4) is 0 Å². The SMILES string of the molecule is Cc1cc(C(=O)N[C@H](c2cnn(C)c2)C2CC(O)C2)nc(C)n1. The van der Waals surface area contributed by atoms with E-state index < -0.39 is 0 Å². The summed E-state index contributed by atoms with van der Waals surface area (Å²) in [6.07, 6.45) is 4.74. The molecule has 2 N–H and O–H groups in total. The maximum atomic E-state index is 12.6. The van der Waals surface area contributed by atoms with Crippen molar-refractivity contribution in [2.45, 2.75) is 38.8 Å². The Kier molecular flexibility index (Phi) is 4.12. The van der Waals surface area contributed by atoms with Crippen molar-refractivity contribution >= 4 is 5.91 Å². The zero-order chi connectivity index (χ0) is 16.6. The molecule has 0 unspecified atom stereocenters. The van der Waals surface area contributed by atoms with Gasteiger partial charge in [0.05, 0.1) is 18.3 Å². The van der Waals surface area contributed by atoms with Crippen LogP contribution >= 0.6 is 0 Å². The van der Waals surface area contributed by atoms with Gasteiger partial charge in [-0.05, 0) is 38.7 Å². The lowest BCUT2D eigenvalue weighted by atomic mass is 9.75. The van der Waals surface area contributed by atoms with Crippen molar-refractivity contribution in [3.8, 4) is 0 Å². The molecule has 2 heterocycles. The molecule has 0 aliphatic heterocycles. The first-order chi connectivity index (χ1) is 10.9. The van der Waals surface area contributed by atoms with Gasteiger partial charge < -0.3 is 10.4 Å². The van der Waals surface area contributed by atoms with E-state index in [-0.39, 0.29) is 24.0 Å². The van der Waals surface area contributed by atoms with Crippen LogP contribution in [-0.4, -0.2) is 36.9 Å². The Morgan fingerprint density at radius 1 is 1.39 bits per heavy atom. The van der Waals surface area contributed by atoms with Crippen LogP contribution in [0.25, 0.3) is 0 Å². The minimum atomic E-state index is -0.278. The second kappa shape index (κ2) is 6.08. The summed E-state index contributed by atoms with van der Waals surface area (Å²) < 4.78 is 1.71. The number of aryl methyl sites for hydroxylation is 3. The number of aromatic nitrogens is 4. The van der Waals surface area contributed by atoms with Crippen LogP contribution in [0.2, 0.25) is 0 Å². The van der Waals surface area contributed by atoms with Crippen LogP contribution in [0.1, 0.15) is 46.5 Å². The first-order valence-electron chi connectivity index (χ1n) is 7.72. The molecule has 2 aromatic heterocycles. The lowest BCUT2D eigenvalue weighted by molar-refractivity contribution is 0.0234. The molecule has 0 aromatic carbocycles. The number of hydrogen-bond acceptors (Lipinski definition) is 5. The quantitative estimate of drug-likeness (QED) is 0.880. The second-order valence-corrected chi connectivity index (χ2v) is 6.23. The highest BCUT2D eigenvalue weighted by atomic mass is 16.3.